The van der Waals surface area contributed by atoms with E-state index in [1.54, 1.807) is 30.9 Å². The number of amides is 2. The maximum atomic E-state index is 12.4. The first-order valence-corrected chi connectivity index (χ1v) is 8.14. The summed E-state index contributed by atoms with van der Waals surface area (Å²) in [5.74, 6) is -0.320. The lowest BCUT2D eigenvalue weighted by Crippen LogP contribution is -2.54. The van der Waals surface area contributed by atoms with Crippen LogP contribution < -0.4 is 5.32 Å². The van der Waals surface area contributed by atoms with Crippen LogP contribution in [-0.2, 0) is 9.53 Å². The second-order valence-corrected chi connectivity index (χ2v) is 5.66. The number of carbonyl (C=O) groups excluding carboxylic acids is 2. The molecule has 9 nitrogen and oxygen atoms in total. The number of hydrogen-bond acceptors (Lipinski definition) is 6. The SMILES string of the molecule is CCOC(=O)N1CCN([C@H](C)C(=O)Nc2ccccc2[N+](=O)[O-])CC1. The summed E-state index contributed by atoms with van der Waals surface area (Å²) in [6, 6.07) is 5.56. The van der Waals surface area contributed by atoms with Crippen LogP contribution in [0.2, 0.25) is 0 Å². The Bertz CT molecular complexity index is 643. The molecule has 1 fully saturated rings. The number of ether oxygens (including phenoxy) is 1. The first kappa shape index (κ1) is 18.7. The number of nitrogens with one attached hydrogen (secondary N) is 1. The van der Waals surface area contributed by atoms with Gasteiger partial charge in [0.25, 0.3) is 5.69 Å². The number of nitrogens with zero attached hydrogens (tertiary/aromatic N) is 3. The molecule has 25 heavy (non-hydrogen) atoms. The molecule has 0 bridgehead atoms. The Labute approximate surface area is 145 Å². The van der Waals surface area contributed by atoms with E-state index >= 15 is 0 Å². The first-order valence-electron chi connectivity index (χ1n) is 8.14. The largest absolute Gasteiger partial charge is 0.450 e. The van der Waals surface area contributed by atoms with Crippen molar-refractivity contribution in [3.05, 3.63) is 34.4 Å². The zero-order valence-corrected chi connectivity index (χ0v) is 14.3. The number of anilines is 1. The van der Waals surface area contributed by atoms with Gasteiger partial charge in [-0.3, -0.25) is 19.8 Å². The first-order chi connectivity index (χ1) is 11.9. The molecule has 1 atom stereocenters. The molecule has 2 amide bonds. The normalized spacial score (nSPS) is 16.2. The van der Waals surface area contributed by atoms with E-state index in [1.165, 1.54) is 12.1 Å². The molecule has 1 aromatic rings. The highest BCUT2D eigenvalue weighted by Gasteiger charge is 2.28. The third-order valence-corrected chi connectivity index (χ3v) is 4.13. The van der Waals surface area contributed by atoms with Crippen LogP contribution >= 0.6 is 0 Å². The van der Waals surface area contributed by atoms with Crippen molar-refractivity contribution in [3.63, 3.8) is 0 Å². The number of carbonyl (C=O) groups is 2. The van der Waals surface area contributed by atoms with Gasteiger partial charge in [0.05, 0.1) is 17.6 Å². The predicted octanol–water partition coefficient (Wildman–Crippen LogP) is 1.70. The number of para-hydroxylation sites is 2. The van der Waals surface area contributed by atoms with Crippen molar-refractivity contribution in [2.75, 3.05) is 38.1 Å². The lowest BCUT2D eigenvalue weighted by molar-refractivity contribution is -0.383. The van der Waals surface area contributed by atoms with Crippen LogP contribution in [0.4, 0.5) is 16.2 Å². The van der Waals surface area contributed by atoms with Crippen molar-refractivity contribution < 1.29 is 19.2 Å². The van der Waals surface area contributed by atoms with Gasteiger partial charge < -0.3 is 15.0 Å². The number of benzene rings is 1. The smallest absolute Gasteiger partial charge is 0.409 e. The minimum Gasteiger partial charge on any atom is -0.450 e. The summed E-state index contributed by atoms with van der Waals surface area (Å²) in [6.45, 7) is 5.83. The fourth-order valence-corrected chi connectivity index (χ4v) is 2.65. The summed E-state index contributed by atoms with van der Waals surface area (Å²) in [5.41, 5.74) is 0.0321. The number of nitro benzene ring substituents is 1. The van der Waals surface area contributed by atoms with Crippen LogP contribution in [0.5, 0.6) is 0 Å². The average Bonchev–Trinajstić information content (AvgIpc) is 2.61. The minimum absolute atomic E-state index is 0.143. The molecule has 1 aromatic carbocycles. The molecule has 0 saturated carbocycles. The summed E-state index contributed by atoms with van der Waals surface area (Å²) in [4.78, 5) is 38.1. The molecule has 136 valence electrons. The van der Waals surface area contributed by atoms with Crippen molar-refractivity contribution in [1.29, 1.82) is 0 Å². The molecule has 0 unspecified atom stereocenters. The van der Waals surface area contributed by atoms with E-state index in [4.69, 9.17) is 4.74 Å². The van der Waals surface area contributed by atoms with Crippen LogP contribution in [0.1, 0.15) is 13.8 Å². The lowest BCUT2D eigenvalue weighted by atomic mass is 10.2. The van der Waals surface area contributed by atoms with Gasteiger partial charge in [0.1, 0.15) is 5.69 Å². The Morgan fingerprint density at radius 2 is 1.92 bits per heavy atom. The van der Waals surface area contributed by atoms with Gasteiger partial charge in [-0.05, 0) is 19.9 Å². The molecule has 1 N–H and O–H groups in total. The zero-order chi connectivity index (χ0) is 18.4. The fraction of sp³-hybridized carbons (Fsp3) is 0.500. The molecular formula is C16H22N4O5. The Morgan fingerprint density at radius 1 is 1.28 bits per heavy atom. The van der Waals surface area contributed by atoms with Gasteiger partial charge in [-0.1, -0.05) is 12.1 Å². The summed E-state index contributed by atoms with van der Waals surface area (Å²) < 4.78 is 4.96. The molecular weight excluding hydrogens is 328 g/mol. The van der Waals surface area contributed by atoms with E-state index in [-0.39, 0.29) is 23.4 Å². The fourth-order valence-electron chi connectivity index (χ4n) is 2.65. The molecule has 1 aliphatic heterocycles. The van der Waals surface area contributed by atoms with E-state index in [1.807, 2.05) is 4.90 Å². The molecule has 1 heterocycles. The molecule has 0 aliphatic carbocycles. The maximum Gasteiger partial charge on any atom is 0.409 e. The predicted molar refractivity (Wildman–Crippen MR) is 91.4 cm³/mol. The van der Waals surface area contributed by atoms with Crippen LogP contribution in [0.25, 0.3) is 0 Å². The average molecular weight is 350 g/mol. The Hall–Kier alpha value is -2.68. The molecule has 9 heteroatoms. The van der Waals surface area contributed by atoms with Gasteiger partial charge in [-0.2, -0.15) is 0 Å². The Morgan fingerprint density at radius 3 is 2.52 bits per heavy atom. The summed E-state index contributed by atoms with van der Waals surface area (Å²) >= 11 is 0. The minimum atomic E-state index is -0.529. The number of hydrogen-bond donors (Lipinski definition) is 1. The van der Waals surface area contributed by atoms with Crippen molar-refractivity contribution >= 4 is 23.4 Å². The lowest BCUT2D eigenvalue weighted by Gasteiger charge is -2.36. The van der Waals surface area contributed by atoms with Crippen LogP contribution in [0, 0.1) is 10.1 Å². The summed E-state index contributed by atoms with van der Waals surface area (Å²) in [7, 11) is 0. The number of piperazine rings is 1. The van der Waals surface area contributed by atoms with Gasteiger partial charge in [-0.25, -0.2) is 4.79 Å². The van der Waals surface area contributed by atoms with E-state index in [2.05, 4.69) is 5.32 Å². The van der Waals surface area contributed by atoms with Gasteiger partial charge in [-0.15, -0.1) is 0 Å². The van der Waals surface area contributed by atoms with Crippen molar-refractivity contribution in [2.45, 2.75) is 19.9 Å². The van der Waals surface area contributed by atoms with E-state index in [9.17, 15) is 19.7 Å². The quantitative estimate of drug-likeness (QED) is 0.640. The topological polar surface area (TPSA) is 105 Å². The molecule has 2 rings (SSSR count). The van der Waals surface area contributed by atoms with Gasteiger partial charge in [0.15, 0.2) is 0 Å². The molecule has 1 saturated heterocycles. The van der Waals surface area contributed by atoms with Crippen LogP contribution in [-0.4, -0.2) is 65.6 Å². The third-order valence-electron chi connectivity index (χ3n) is 4.13. The van der Waals surface area contributed by atoms with Crippen LogP contribution in [0.15, 0.2) is 24.3 Å². The molecule has 1 aliphatic rings. The summed E-state index contributed by atoms with van der Waals surface area (Å²) in [5, 5.41) is 13.6. The summed E-state index contributed by atoms with van der Waals surface area (Å²) in [6.07, 6.45) is -0.348. The molecule has 0 spiro atoms. The highest BCUT2D eigenvalue weighted by Crippen LogP contribution is 2.23. The van der Waals surface area contributed by atoms with Crippen molar-refractivity contribution in [3.8, 4) is 0 Å². The standard InChI is InChI=1S/C16H22N4O5/c1-3-25-16(22)19-10-8-18(9-11-19)12(2)15(21)17-13-6-4-5-7-14(13)20(23)24/h4-7,12H,3,8-11H2,1-2H3,(H,17,21)/t12-/m1/s1. The van der Waals surface area contributed by atoms with Crippen molar-refractivity contribution in [2.24, 2.45) is 0 Å². The maximum absolute atomic E-state index is 12.4. The van der Waals surface area contributed by atoms with Gasteiger partial charge in [0, 0.05) is 32.2 Å². The van der Waals surface area contributed by atoms with Crippen molar-refractivity contribution in [1.82, 2.24) is 9.80 Å². The number of rotatable bonds is 5. The van der Waals surface area contributed by atoms with E-state index < -0.39 is 11.0 Å². The molecule has 0 aromatic heterocycles. The Kier molecular flexibility index (Phi) is 6.29. The van der Waals surface area contributed by atoms with Crippen LogP contribution in [0.3, 0.4) is 0 Å². The number of nitro groups is 1. The monoisotopic (exact) mass is 350 g/mol. The van der Waals surface area contributed by atoms with Gasteiger partial charge >= 0.3 is 6.09 Å². The highest BCUT2D eigenvalue weighted by molar-refractivity contribution is 5.96. The third kappa shape index (κ3) is 4.66. The highest BCUT2D eigenvalue weighted by atomic mass is 16.6. The molecule has 0 radical (unpaired) electrons. The van der Waals surface area contributed by atoms with Gasteiger partial charge in [0.2, 0.25) is 5.91 Å². The second-order valence-electron chi connectivity index (χ2n) is 5.66. The second kappa shape index (κ2) is 8.43. The Balaban J connectivity index is 1.93. The van der Waals surface area contributed by atoms with E-state index in [0.29, 0.717) is 32.8 Å². The zero-order valence-electron chi connectivity index (χ0n) is 14.3. The van der Waals surface area contributed by atoms with E-state index in [0.717, 1.165) is 0 Å².